The summed E-state index contributed by atoms with van der Waals surface area (Å²) in [5.41, 5.74) is 5.02. The monoisotopic (exact) mass is 352 g/mol. The summed E-state index contributed by atoms with van der Waals surface area (Å²) in [6.07, 6.45) is 0.531. The second-order valence-electron chi connectivity index (χ2n) is 7.48. The fourth-order valence-electron chi connectivity index (χ4n) is 3.68. The lowest BCUT2D eigenvalue weighted by molar-refractivity contribution is -0.0704. The number of hydrogen-bond donors (Lipinski definition) is 1. The molecule has 1 aliphatic rings. The number of anilines is 1. The molecule has 4 heteroatoms. The van der Waals surface area contributed by atoms with Crippen molar-refractivity contribution in [3.8, 4) is 0 Å². The molecule has 0 spiro atoms. The molecule has 0 aliphatic carbocycles. The molecular weight excluding hydrogens is 324 g/mol. The van der Waals surface area contributed by atoms with E-state index in [4.69, 9.17) is 4.74 Å². The Morgan fingerprint density at radius 2 is 1.62 bits per heavy atom. The van der Waals surface area contributed by atoms with Crippen molar-refractivity contribution in [3.63, 3.8) is 0 Å². The van der Waals surface area contributed by atoms with Crippen LogP contribution in [0.25, 0.3) is 0 Å². The Bertz CT molecular complexity index is 740. The van der Waals surface area contributed by atoms with Crippen molar-refractivity contribution in [1.29, 1.82) is 0 Å². The van der Waals surface area contributed by atoms with Gasteiger partial charge in [0.05, 0.1) is 12.2 Å². The standard InChI is InChI=1S/C22H28N2O2/c1-15-9-16(2)11-21(10-15)23-22(25)20-7-5-19(6-8-20)14-24-12-17(3)26-18(4)13-24/h5-11,17-18H,12-14H2,1-4H3,(H,23,25). The van der Waals surface area contributed by atoms with E-state index >= 15 is 0 Å². The first-order chi connectivity index (χ1) is 12.4. The molecule has 0 radical (unpaired) electrons. The summed E-state index contributed by atoms with van der Waals surface area (Å²) in [5.74, 6) is -0.0739. The van der Waals surface area contributed by atoms with Gasteiger partial charge in [-0.15, -0.1) is 0 Å². The fraction of sp³-hybridized carbons (Fsp3) is 0.409. The average Bonchev–Trinajstić information content (AvgIpc) is 2.53. The topological polar surface area (TPSA) is 41.6 Å². The van der Waals surface area contributed by atoms with Crippen LogP contribution in [-0.4, -0.2) is 36.1 Å². The largest absolute Gasteiger partial charge is 0.373 e. The van der Waals surface area contributed by atoms with Gasteiger partial charge in [-0.2, -0.15) is 0 Å². The van der Waals surface area contributed by atoms with Crippen molar-refractivity contribution < 1.29 is 9.53 Å². The molecule has 2 unspecified atom stereocenters. The van der Waals surface area contributed by atoms with Gasteiger partial charge in [0.1, 0.15) is 0 Å². The summed E-state index contributed by atoms with van der Waals surface area (Å²) >= 11 is 0. The number of ether oxygens (including phenoxy) is 1. The number of aryl methyl sites for hydroxylation is 2. The molecule has 26 heavy (non-hydrogen) atoms. The van der Waals surface area contributed by atoms with Crippen LogP contribution in [0.2, 0.25) is 0 Å². The summed E-state index contributed by atoms with van der Waals surface area (Å²) < 4.78 is 5.78. The minimum atomic E-state index is -0.0739. The van der Waals surface area contributed by atoms with Gasteiger partial charge in [0, 0.05) is 30.9 Å². The summed E-state index contributed by atoms with van der Waals surface area (Å²) in [6.45, 7) is 11.1. The molecule has 1 N–H and O–H groups in total. The molecule has 138 valence electrons. The Morgan fingerprint density at radius 1 is 1.04 bits per heavy atom. The number of nitrogens with zero attached hydrogens (tertiary/aromatic N) is 1. The molecule has 4 nitrogen and oxygen atoms in total. The quantitative estimate of drug-likeness (QED) is 0.898. The van der Waals surface area contributed by atoms with Crippen molar-refractivity contribution in [2.75, 3.05) is 18.4 Å². The number of carbonyl (C=O) groups excluding carboxylic acids is 1. The van der Waals surface area contributed by atoms with Crippen molar-refractivity contribution in [3.05, 3.63) is 64.7 Å². The molecular formula is C22H28N2O2. The van der Waals surface area contributed by atoms with E-state index in [-0.39, 0.29) is 18.1 Å². The molecule has 1 aliphatic heterocycles. The zero-order valence-corrected chi connectivity index (χ0v) is 16.1. The highest BCUT2D eigenvalue weighted by molar-refractivity contribution is 6.04. The number of rotatable bonds is 4. The van der Waals surface area contributed by atoms with Crippen molar-refractivity contribution in [2.24, 2.45) is 0 Å². The highest BCUT2D eigenvalue weighted by Crippen LogP contribution is 2.17. The highest BCUT2D eigenvalue weighted by Gasteiger charge is 2.22. The number of benzene rings is 2. The normalized spacial score (nSPS) is 20.8. The molecule has 1 saturated heterocycles. The average molecular weight is 352 g/mol. The predicted octanol–water partition coefficient (Wildman–Crippen LogP) is 4.16. The van der Waals surface area contributed by atoms with Gasteiger partial charge >= 0.3 is 0 Å². The van der Waals surface area contributed by atoms with E-state index in [1.165, 1.54) is 5.56 Å². The third kappa shape index (κ3) is 4.93. The number of nitrogens with one attached hydrogen (secondary N) is 1. The first-order valence-electron chi connectivity index (χ1n) is 9.25. The second kappa shape index (κ2) is 8.02. The Balaban J connectivity index is 1.62. The lowest BCUT2D eigenvalue weighted by Crippen LogP contribution is -2.44. The van der Waals surface area contributed by atoms with Gasteiger partial charge in [-0.1, -0.05) is 18.2 Å². The Morgan fingerprint density at radius 3 is 2.19 bits per heavy atom. The maximum atomic E-state index is 12.5. The van der Waals surface area contributed by atoms with Crippen LogP contribution in [0.1, 0.15) is 40.9 Å². The van der Waals surface area contributed by atoms with Crippen LogP contribution in [0, 0.1) is 13.8 Å². The van der Waals surface area contributed by atoms with E-state index < -0.39 is 0 Å². The van der Waals surface area contributed by atoms with E-state index in [1.54, 1.807) is 0 Å². The minimum Gasteiger partial charge on any atom is -0.373 e. The van der Waals surface area contributed by atoms with Crippen LogP contribution in [0.4, 0.5) is 5.69 Å². The minimum absolute atomic E-state index is 0.0739. The maximum Gasteiger partial charge on any atom is 0.255 e. The molecule has 0 aromatic heterocycles. The Kier molecular flexibility index (Phi) is 5.74. The van der Waals surface area contributed by atoms with Crippen LogP contribution >= 0.6 is 0 Å². The molecule has 3 rings (SSSR count). The first-order valence-corrected chi connectivity index (χ1v) is 9.25. The van der Waals surface area contributed by atoms with Crippen LogP contribution in [-0.2, 0) is 11.3 Å². The van der Waals surface area contributed by atoms with Crippen LogP contribution < -0.4 is 5.32 Å². The van der Waals surface area contributed by atoms with Gasteiger partial charge in [0.2, 0.25) is 0 Å². The van der Waals surface area contributed by atoms with Gasteiger partial charge in [-0.3, -0.25) is 9.69 Å². The molecule has 1 fully saturated rings. The third-order valence-electron chi connectivity index (χ3n) is 4.60. The molecule has 1 amide bonds. The fourth-order valence-corrected chi connectivity index (χ4v) is 3.68. The summed E-state index contributed by atoms with van der Waals surface area (Å²) in [5, 5.41) is 2.99. The summed E-state index contributed by atoms with van der Waals surface area (Å²) in [4.78, 5) is 14.9. The number of hydrogen-bond acceptors (Lipinski definition) is 3. The zero-order chi connectivity index (χ0) is 18.7. The van der Waals surface area contributed by atoms with Crippen molar-refractivity contribution in [2.45, 2.75) is 46.4 Å². The first kappa shape index (κ1) is 18.6. The molecule has 2 aromatic carbocycles. The van der Waals surface area contributed by atoms with Gasteiger partial charge in [0.15, 0.2) is 0 Å². The SMILES string of the molecule is Cc1cc(C)cc(NC(=O)c2ccc(CN3CC(C)OC(C)C3)cc2)c1. The van der Waals surface area contributed by atoms with E-state index in [9.17, 15) is 4.79 Å². The van der Waals surface area contributed by atoms with Gasteiger partial charge < -0.3 is 10.1 Å². The van der Waals surface area contributed by atoms with E-state index in [0.717, 1.165) is 36.4 Å². The third-order valence-corrected chi connectivity index (χ3v) is 4.60. The van der Waals surface area contributed by atoms with Gasteiger partial charge in [-0.25, -0.2) is 0 Å². The number of morpholine rings is 1. The smallest absolute Gasteiger partial charge is 0.255 e. The van der Waals surface area contributed by atoms with Crippen LogP contribution in [0.15, 0.2) is 42.5 Å². The van der Waals surface area contributed by atoms with Gasteiger partial charge in [0.25, 0.3) is 5.91 Å². The van der Waals surface area contributed by atoms with Crippen LogP contribution in [0.3, 0.4) is 0 Å². The van der Waals surface area contributed by atoms with Crippen LogP contribution in [0.5, 0.6) is 0 Å². The zero-order valence-electron chi connectivity index (χ0n) is 16.1. The lowest BCUT2D eigenvalue weighted by Gasteiger charge is -2.35. The molecule has 2 aromatic rings. The van der Waals surface area contributed by atoms with E-state index in [0.29, 0.717) is 5.56 Å². The molecule has 0 saturated carbocycles. The van der Waals surface area contributed by atoms with Gasteiger partial charge in [-0.05, 0) is 68.7 Å². The summed E-state index contributed by atoms with van der Waals surface area (Å²) in [6, 6.07) is 14.0. The second-order valence-corrected chi connectivity index (χ2v) is 7.48. The molecule has 1 heterocycles. The predicted molar refractivity (Wildman–Crippen MR) is 106 cm³/mol. The Hall–Kier alpha value is -2.17. The number of carbonyl (C=O) groups is 1. The van der Waals surface area contributed by atoms with Crippen molar-refractivity contribution in [1.82, 2.24) is 4.90 Å². The Labute approximate surface area is 156 Å². The van der Waals surface area contributed by atoms with E-state index in [1.807, 2.05) is 50.2 Å². The van der Waals surface area contributed by atoms with E-state index in [2.05, 4.69) is 30.1 Å². The lowest BCUT2D eigenvalue weighted by atomic mass is 10.1. The van der Waals surface area contributed by atoms with Crippen molar-refractivity contribution >= 4 is 11.6 Å². The molecule has 2 atom stereocenters. The number of amides is 1. The summed E-state index contributed by atoms with van der Waals surface area (Å²) in [7, 11) is 0. The maximum absolute atomic E-state index is 12.5. The highest BCUT2D eigenvalue weighted by atomic mass is 16.5. The molecule has 0 bridgehead atoms.